The van der Waals surface area contributed by atoms with E-state index in [0.717, 1.165) is 72.1 Å². The average Bonchev–Trinajstić information content (AvgIpc) is 3.76. The lowest BCUT2D eigenvalue weighted by Gasteiger charge is -2.24. The number of benzene rings is 8. The predicted molar refractivity (Wildman–Crippen MR) is 216 cm³/mol. The molecule has 1 atom stereocenters. The Morgan fingerprint density at radius 3 is 2.02 bits per heavy atom. The van der Waals surface area contributed by atoms with Crippen LogP contribution in [0.2, 0.25) is 0 Å². The van der Waals surface area contributed by atoms with Gasteiger partial charge in [0.2, 0.25) is 0 Å². The van der Waals surface area contributed by atoms with Gasteiger partial charge in [0, 0.05) is 21.5 Å². The van der Waals surface area contributed by atoms with Gasteiger partial charge in [-0.1, -0.05) is 140 Å². The highest BCUT2D eigenvalue weighted by Gasteiger charge is 2.25. The maximum Gasteiger partial charge on any atom is 0.160 e. The Balaban J connectivity index is 1.21. The maximum atomic E-state index is 7.21. The van der Waals surface area contributed by atoms with Crippen LogP contribution in [0.3, 0.4) is 0 Å². The molecule has 3 heterocycles. The molecule has 4 nitrogen and oxygen atoms in total. The van der Waals surface area contributed by atoms with Crippen molar-refractivity contribution in [1.82, 2.24) is 9.88 Å². The van der Waals surface area contributed by atoms with Gasteiger partial charge in [-0.2, -0.15) is 0 Å². The minimum Gasteiger partial charge on any atom is -0.453 e. The lowest BCUT2D eigenvalue weighted by molar-refractivity contribution is 0.664. The first-order valence-corrected chi connectivity index (χ1v) is 17.8. The van der Waals surface area contributed by atoms with Crippen LogP contribution < -0.4 is 5.32 Å². The summed E-state index contributed by atoms with van der Waals surface area (Å²) in [4.78, 5) is 5.27. The lowest BCUT2D eigenvalue weighted by Crippen LogP contribution is -2.31. The largest absolute Gasteiger partial charge is 0.453 e. The van der Waals surface area contributed by atoms with E-state index < -0.39 is 0 Å². The normalized spacial score (nSPS) is 14.7. The Labute approximate surface area is 299 Å². The molecule has 1 N–H and O–H groups in total. The van der Waals surface area contributed by atoms with E-state index >= 15 is 0 Å². The molecule has 0 saturated carbocycles. The van der Waals surface area contributed by atoms with Gasteiger partial charge in [0.15, 0.2) is 5.58 Å². The summed E-state index contributed by atoms with van der Waals surface area (Å²) in [6, 6.07) is 60.2. The van der Waals surface area contributed by atoms with Gasteiger partial charge in [-0.3, -0.25) is 0 Å². The zero-order valence-electron chi connectivity index (χ0n) is 28.1. The van der Waals surface area contributed by atoms with Crippen molar-refractivity contribution in [3.05, 3.63) is 193 Å². The summed E-state index contributed by atoms with van der Waals surface area (Å²) in [7, 11) is 0. The SMILES string of the molecule is C1=C(c2ccccc2)N=C(c2cccc3c2oc2c(-n4c5ccccc5c5cc6ccccc6cc54)cc4ccccc4c23)NC1c1ccccc1. The van der Waals surface area contributed by atoms with E-state index in [2.05, 4.69) is 180 Å². The molecule has 52 heavy (non-hydrogen) atoms. The molecule has 10 aromatic rings. The summed E-state index contributed by atoms with van der Waals surface area (Å²) in [5.41, 5.74) is 9.09. The van der Waals surface area contributed by atoms with E-state index in [0.29, 0.717) is 0 Å². The monoisotopic (exact) mass is 665 g/mol. The number of hydrogen-bond donors (Lipinski definition) is 1. The van der Waals surface area contributed by atoms with Crippen LogP contribution in [-0.2, 0) is 0 Å². The summed E-state index contributed by atoms with van der Waals surface area (Å²) in [5.74, 6) is 0.786. The van der Waals surface area contributed by atoms with Crippen LogP contribution in [0.4, 0.5) is 0 Å². The highest BCUT2D eigenvalue weighted by molar-refractivity contribution is 6.25. The third kappa shape index (κ3) is 4.38. The molecule has 0 bridgehead atoms. The van der Waals surface area contributed by atoms with Crippen molar-refractivity contribution in [3.63, 3.8) is 0 Å². The van der Waals surface area contributed by atoms with Gasteiger partial charge in [-0.05, 0) is 69.1 Å². The fourth-order valence-electron chi connectivity index (χ4n) is 8.18. The fraction of sp³-hybridized carbons (Fsp3) is 0.0208. The minimum atomic E-state index is -0.0626. The van der Waals surface area contributed by atoms with Crippen LogP contribution in [0.15, 0.2) is 185 Å². The minimum absolute atomic E-state index is 0.0626. The van der Waals surface area contributed by atoms with Crippen molar-refractivity contribution in [2.24, 2.45) is 4.99 Å². The summed E-state index contributed by atoms with van der Waals surface area (Å²) in [5, 5.41) is 13.1. The molecule has 1 unspecified atom stereocenters. The highest BCUT2D eigenvalue weighted by Crippen LogP contribution is 2.43. The number of para-hydroxylation sites is 2. The quantitative estimate of drug-likeness (QED) is 0.203. The van der Waals surface area contributed by atoms with Crippen LogP contribution in [0.25, 0.3) is 76.7 Å². The van der Waals surface area contributed by atoms with Gasteiger partial charge < -0.3 is 14.3 Å². The first-order valence-electron chi connectivity index (χ1n) is 17.8. The number of furan rings is 1. The smallest absolute Gasteiger partial charge is 0.160 e. The van der Waals surface area contributed by atoms with Crippen LogP contribution in [0.1, 0.15) is 22.7 Å². The Bertz CT molecular complexity index is 3090. The number of aromatic nitrogens is 1. The molecule has 0 saturated heterocycles. The number of amidine groups is 1. The van der Waals surface area contributed by atoms with Crippen molar-refractivity contribution < 1.29 is 4.42 Å². The number of rotatable bonds is 4. The number of hydrogen-bond acceptors (Lipinski definition) is 3. The molecule has 0 spiro atoms. The molecule has 0 amide bonds. The Morgan fingerprint density at radius 1 is 0.519 bits per heavy atom. The van der Waals surface area contributed by atoms with Gasteiger partial charge in [-0.15, -0.1) is 0 Å². The molecule has 2 aromatic heterocycles. The Morgan fingerprint density at radius 2 is 1.19 bits per heavy atom. The van der Waals surface area contributed by atoms with Gasteiger partial charge in [0.25, 0.3) is 0 Å². The summed E-state index contributed by atoms with van der Waals surface area (Å²) < 4.78 is 9.60. The number of nitrogens with zero attached hydrogens (tertiary/aromatic N) is 2. The van der Waals surface area contributed by atoms with E-state index in [9.17, 15) is 0 Å². The molecular weight excluding hydrogens is 635 g/mol. The maximum absolute atomic E-state index is 7.21. The summed E-state index contributed by atoms with van der Waals surface area (Å²) in [6.07, 6.45) is 2.21. The van der Waals surface area contributed by atoms with E-state index in [-0.39, 0.29) is 6.04 Å². The predicted octanol–water partition coefficient (Wildman–Crippen LogP) is 12.1. The molecule has 0 fully saturated rings. The van der Waals surface area contributed by atoms with Gasteiger partial charge in [0.1, 0.15) is 11.4 Å². The second-order valence-electron chi connectivity index (χ2n) is 13.6. The van der Waals surface area contributed by atoms with Crippen molar-refractivity contribution >= 4 is 76.8 Å². The Hall–Kier alpha value is -6.91. The molecule has 1 aliphatic rings. The zero-order valence-corrected chi connectivity index (χ0v) is 28.1. The molecule has 4 heteroatoms. The Kier molecular flexibility index (Phi) is 6.28. The molecule has 0 aliphatic carbocycles. The van der Waals surface area contributed by atoms with Crippen molar-refractivity contribution in [1.29, 1.82) is 0 Å². The van der Waals surface area contributed by atoms with Crippen molar-refractivity contribution in [2.75, 3.05) is 0 Å². The highest BCUT2D eigenvalue weighted by atomic mass is 16.3. The summed E-state index contributed by atoms with van der Waals surface area (Å²) >= 11 is 0. The second-order valence-corrected chi connectivity index (χ2v) is 13.6. The number of fused-ring (bicyclic) bond motifs is 9. The third-order valence-corrected chi connectivity index (χ3v) is 10.6. The fourth-order valence-corrected chi connectivity index (χ4v) is 8.18. The van der Waals surface area contributed by atoms with E-state index in [1.54, 1.807) is 0 Å². The van der Waals surface area contributed by atoms with Gasteiger partial charge in [-0.25, -0.2) is 4.99 Å². The second kappa shape index (κ2) is 11.3. The van der Waals surface area contributed by atoms with E-state index in [1.165, 1.54) is 27.1 Å². The lowest BCUT2D eigenvalue weighted by atomic mass is 9.99. The molecule has 0 radical (unpaired) electrons. The standard InChI is InChI=1S/C48H31N3O/c1-3-14-30(15-4-1)40-29-41(31-16-5-2-6-17-31)50-48(49-40)38-24-13-23-37-45-35-21-10-9-20-34(35)28-44(47(45)52-46(37)38)51-42-25-12-11-22-36(42)39-26-32-18-7-8-19-33(32)27-43(39)51/h1-29,40H,(H,49,50). The third-order valence-electron chi connectivity index (χ3n) is 10.6. The van der Waals surface area contributed by atoms with Gasteiger partial charge >= 0.3 is 0 Å². The number of aliphatic imine (C=N–C) groups is 1. The van der Waals surface area contributed by atoms with Crippen LogP contribution in [-0.4, -0.2) is 10.4 Å². The molecule has 1 aliphatic heterocycles. The van der Waals surface area contributed by atoms with Crippen LogP contribution in [0.5, 0.6) is 0 Å². The van der Waals surface area contributed by atoms with Crippen molar-refractivity contribution in [3.8, 4) is 5.69 Å². The molecule has 244 valence electrons. The first-order chi connectivity index (χ1) is 25.8. The van der Waals surface area contributed by atoms with E-state index in [1.807, 2.05) is 6.07 Å². The topological polar surface area (TPSA) is 42.5 Å². The number of nitrogens with one attached hydrogen (secondary N) is 1. The van der Waals surface area contributed by atoms with Crippen molar-refractivity contribution in [2.45, 2.75) is 6.04 Å². The van der Waals surface area contributed by atoms with Crippen LogP contribution >= 0.6 is 0 Å². The molecular formula is C48H31N3O. The molecule has 11 rings (SSSR count). The zero-order chi connectivity index (χ0) is 34.2. The first kappa shape index (κ1) is 28.9. The van der Waals surface area contributed by atoms with E-state index in [4.69, 9.17) is 9.41 Å². The van der Waals surface area contributed by atoms with Crippen LogP contribution in [0, 0.1) is 0 Å². The summed E-state index contributed by atoms with van der Waals surface area (Å²) in [6.45, 7) is 0. The molecule has 8 aromatic carbocycles. The van der Waals surface area contributed by atoms with Gasteiger partial charge in [0.05, 0.1) is 34.0 Å². The average molecular weight is 666 g/mol.